The molecule has 3 aromatic rings. The van der Waals surface area contributed by atoms with Gasteiger partial charge < -0.3 is 35.3 Å². The van der Waals surface area contributed by atoms with Crippen LogP contribution in [-0.2, 0) is 53.0 Å². The zero-order valence-corrected chi connectivity index (χ0v) is 28.4. The lowest BCUT2D eigenvalue weighted by Crippen LogP contribution is -2.49. The van der Waals surface area contributed by atoms with E-state index in [2.05, 4.69) is 29.1 Å². The van der Waals surface area contributed by atoms with Crippen molar-refractivity contribution >= 4 is 29.8 Å². The maximum Gasteiger partial charge on any atom is 0.408 e. The molecule has 0 aliphatic carbocycles. The number of alkyl carbamates (subject to hydrolysis) is 1. The number of aliphatic hydroxyl groups is 1. The SMILES string of the molecule is C=CC[C@H](CC(=O)N[C@H](CO)Cc1ccccc1)C(=O)N[C@H](COC(=O)[C@@H](CC=C)NC(=O)OCc1ccccc1)C(=O)OCc1ccccc1. The van der Waals surface area contributed by atoms with Crippen LogP contribution in [0.4, 0.5) is 4.79 Å². The Balaban J connectivity index is 1.66. The summed E-state index contributed by atoms with van der Waals surface area (Å²) >= 11 is 0. The molecule has 4 N–H and O–H groups in total. The lowest BCUT2D eigenvalue weighted by Gasteiger charge is -2.23. The van der Waals surface area contributed by atoms with Crippen molar-refractivity contribution in [2.45, 2.75) is 57.0 Å². The smallest absolute Gasteiger partial charge is 0.408 e. The predicted molar refractivity (Wildman–Crippen MR) is 190 cm³/mol. The number of amides is 3. The number of rotatable bonds is 21. The Morgan fingerprint density at radius 1 is 0.647 bits per heavy atom. The van der Waals surface area contributed by atoms with Gasteiger partial charge in [-0.05, 0) is 36.0 Å². The second-order valence-corrected chi connectivity index (χ2v) is 11.6. The molecule has 3 rings (SSSR count). The van der Waals surface area contributed by atoms with Gasteiger partial charge in [0.25, 0.3) is 0 Å². The monoisotopic (exact) mass is 699 g/mol. The number of aliphatic hydroxyl groups excluding tert-OH is 1. The van der Waals surface area contributed by atoms with E-state index >= 15 is 0 Å². The van der Waals surface area contributed by atoms with E-state index in [4.69, 9.17) is 14.2 Å². The number of hydrogen-bond donors (Lipinski definition) is 4. The minimum absolute atomic E-state index is 0.00955. The third-order valence-corrected chi connectivity index (χ3v) is 7.57. The Hall–Kier alpha value is -5.75. The molecule has 0 spiro atoms. The molecule has 0 bridgehead atoms. The number of hydrogen-bond acceptors (Lipinski definition) is 9. The first-order chi connectivity index (χ1) is 24.7. The highest BCUT2D eigenvalue weighted by Crippen LogP contribution is 2.13. The standard InChI is InChI=1S/C39H45N3O9/c1-3-14-31(23-35(44)40-32(24-43)22-28-16-8-5-9-17-28)36(45)41-34(38(47)49-25-29-18-10-6-11-19-29)27-50-37(46)33(15-4-2)42-39(48)51-26-30-20-12-7-13-21-30/h3-13,16-21,31-34,43H,1-2,14-15,22-27H2,(H,40,44)(H,41,45)(H,42,48)/t31-,32+,33-,34-/m1/s1. The van der Waals surface area contributed by atoms with E-state index in [1.165, 1.54) is 12.2 Å². The van der Waals surface area contributed by atoms with Gasteiger partial charge in [-0.15, -0.1) is 13.2 Å². The van der Waals surface area contributed by atoms with Gasteiger partial charge in [-0.2, -0.15) is 0 Å². The fourth-order valence-electron chi connectivity index (χ4n) is 4.90. The summed E-state index contributed by atoms with van der Waals surface area (Å²) in [6.07, 6.45) is 2.19. The topological polar surface area (TPSA) is 169 Å². The molecular formula is C39H45N3O9. The molecule has 4 atom stereocenters. The number of carbonyl (C=O) groups excluding carboxylic acids is 5. The van der Waals surface area contributed by atoms with E-state index in [9.17, 15) is 29.1 Å². The van der Waals surface area contributed by atoms with Crippen LogP contribution in [0, 0.1) is 5.92 Å². The van der Waals surface area contributed by atoms with E-state index in [0.717, 1.165) is 11.1 Å². The molecule has 0 aliphatic rings. The molecule has 0 aliphatic heterocycles. The highest BCUT2D eigenvalue weighted by molar-refractivity contribution is 5.89. The van der Waals surface area contributed by atoms with Crippen LogP contribution in [0.25, 0.3) is 0 Å². The first kappa shape index (κ1) is 39.7. The molecule has 0 heterocycles. The van der Waals surface area contributed by atoms with Gasteiger partial charge in [0.15, 0.2) is 6.04 Å². The maximum atomic E-state index is 13.5. The van der Waals surface area contributed by atoms with Crippen LogP contribution in [0.1, 0.15) is 36.0 Å². The summed E-state index contributed by atoms with van der Waals surface area (Å²) in [4.78, 5) is 65.3. The summed E-state index contributed by atoms with van der Waals surface area (Å²) in [6, 6.07) is 23.9. The Labute approximate surface area is 297 Å². The quantitative estimate of drug-likeness (QED) is 0.0731. The minimum atomic E-state index is -1.46. The van der Waals surface area contributed by atoms with Crippen LogP contribution in [0.5, 0.6) is 0 Å². The van der Waals surface area contributed by atoms with Crippen LogP contribution < -0.4 is 16.0 Å². The number of esters is 2. The van der Waals surface area contributed by atoms with Gasteiger partial charge in [-0.1, -0.05) is 103 Å². The summed E-state index contributed by atoms with van der Waals surface area (Å²) in [5.41, 5.74) is 2.35. The van der Waals surface area contributed by atoms with Crippen LogP contribution in [0.3, 0.4) is 0 Å². The van der Waals surface area contributed by atoms with Crippen LogP contribution in [0.15, 0.2) is 116 Å². The molecule has 0 fully saturated rings. The summed E-state index contributed by atoms with van der Waals surface area (Å²) in [5, 5.41) is 17.6. The molecule has 0 radical (unpaired) electrons. The fourth-order valence-corrected chi connectivity index (χ4v) is 4.90. The third-order valence-electron chi connectivity index (χ3n) is 7.57. The van der Waals surface area contributed by atoms with E-state index in [1.807, 2.05) is 36.4 Å². The van der Waals surface area contributed by atoms with E-state index in [0.29, 0.717) is 12.0 Å². The molecule has 0 saturated carbocycles. The number of allylic oxidation sites excluding steroid dienone is 1. The van der Waals surface area contributed by atoms with Gasteiger partial charge >= 0.3 is 18.0 Å². The largest absolute Gasteiger partial charge is 0.461 e. The molecule has 12 heteroatoms. The molecule has 51 heavy (non-hydrogen) atoms. The van der Waals surface area contributed by atoms with Gasteiger partial charge in [0.2, 0.25) is 11.8 Å². The summed E-state index contributed by atoms with van der Waals surface area (Å²) in [6.45, 7) is 6.21. The van der Waals surface area contributed by atoms with Crippen LogP contribution in [0.2, 0.25) is 0 Å². The lowest BCUT2D eigenvalue weighted by atomic mass is 9.98. The average molecular weight is 700 g/mol. The Morgan fingerprint density at radius 2 is 1.18 bits per heavy atom. The lowest BCUT2D eigenvalue weighted by molar-refractivity contribution is -0.156. The van der Waals surface area contributed by atoms with Crippen LogP contribution >= 0.6 is 0 Å². The second kappa shape index (κ2) is 22.1. The van der Waals surface area contributed by atoms with Gasteiger partial charge in [0, 0.05) is 6.42 Å². The number of ether oxygens (including phenoxy) is 3. The van der Waals surface area contributed by atoms with Gasteiger partial charge in [-0.25, -0.2) is 14.4 Å². The van der Waals surface area contributed by atoms with Crippen molar-refractivity contribution in [1.29, 1.82) is 0 Å². The minimum Gasteiger partial charge on any atom is -0.461 e. The fraction of sp³-hybridized carbons (Fsp3) is 0.308. The zero-order chi connectivity index (χ0) is 36.8. The van der Waals surface area contributed by atoms with Gasteiger partial charge in [-0.3, -0.25) is 9.59 Å². The van der Waals surface area contributed by atoms with Gasteiger partial charge in [0.1, 0.15) is 25.9 Å². The van der Waals surface area contributed by atoms with Crippen molar-refractivity contribution in [2.24, 2.45) is 5.92 Å². The van der Waals surface area contributed by atoms with Crippen LogP contribution in [-0.4, -0.2) is 66.3 Å². The summed E-state index contributed by atoms with van der Waals surface area (Å²) in [7, 11) is 0. The van der Waals surface area contributed by atoms with Gasteiger partial charge in [0.05, 0.1) is 18.6 Å². The first-order valence-corrected chi connectivity index (χ1v) is 16.5. The summed E-state index contributed by atoms with van der Waals surface area (Å²) in [5.74, 6) is -3.92. The molecule has 0 aromatic heterocycles. The first-order valence-electron chi connectivity index (χ1n) is 16.5. The normalized spacial score (nSPS) is 12.9. The van der Waals surface area contributed by atoms with Crippen molar-refractivity contribution in [1.82, 2.24) is 16.0 Å². The molecule has 270 valence electrons. The predicted octanol–water partition coefficient (Wildman–Crippen LogP) is 3.93. The van der Waals surface area contributed by atoms with Crippen molar-refractivity contribution < 1.29 is 43.3 Å². The highest BCUT2D eigenvalue weighted by atomic mass is 16.6. The molecule has 0 unspecified atom stereocenters. The number of carbonyl (C=O) groups is 5. The Kier molecular flexibility index (Phi) is 17.2. The Bertz CT molecular complexity index is 1570. The number of nitrogens with one attached hydrogen (secondary N) is 3. The maximum absolute atomic E-state index is 13.5. The highest BCUT2D eigenvalue weighted by Gasteiger charge is 2.31. The van der Waals surface area contributed by atoms with E-state index < -0.39 is 60.5 Å². The van der Waals surface area contributed by atoms with E-state index in [1.54, 1.807) is 54.6 Å². The Morgan fingerprint density at radius 3 is 1.73 bits per heavy atom. The third kappa shape index (κ3) is 14.7. The van der Waals surface area contributed by atoms with Crippen molar-refractivity contribution in [2.75, 3.05) is 13.2 Å². The molecule has 3 aromatic carbocycles. The zero-order valence-electron chi connectivity index (χ0n) is 28.4. The molecule has 0 saturated heterocycles. The van der Waals surface area contributed by atoms with E-state index in [-0.39, 0.29) is 39.1 Å². The second-order valence-electron chi connectivity index (χ2n) is 11.6. The average Bonchev–Trinajstić information content (AvgIpc) is 3.15. The van der Waals surface area contributed by atoms with Crippen molar-refractivity contribution in [3.8, 4) is 0 Å². The molecular weight excluding hydrogens is 654 g/mol. The molecule has 3 amide bonds. The molecule has 12 nitrogen and oxygen atoms in total. The summed E-state index contributed by atoms with van der Waals surface area (Å²) < 4.78 is 16.0. The number of benzene rings is 3. The van der Waals surface area contributed by atoms with Crippen molar-refractivity contribution in [3.63, 3.8) is 0 Å². The van der Waals surface area contributed by atoms with Crippen molar-refractivity contribution in [3.05, 3.63) is 133 Å².